The monoisotopic (exact) mass is 370 g/mol. The van der Waals surface area contributed by atoms with Gasteiger partial charge in [-0.25, -0.2) is 0 Å². The number of hydrogen-bond acceptors (Lipinski definition) is 5. The van der Waals surface area contributed by atoms with Crippen LogP contribution in [0.25, 0.3) is 0 Å². The molecular weight excluding hydrogens is 344 g/mol. The number of benzene rings is 1. The Morgan fingerprint density at radius 2 is 2.11 bits per heavy atom. The molecule has 0 radical (unpaired) electrons. The molecule has 144 valence electrons. The van der Waals surface area contributed by atoms with E-state index in [1.54, 1.807) is 0 Å². The average molecular weight is 370 g/mol. The van der Waals surface area contributed by atoms with Crippen LogP contribution in [-0.4, -0.2) is 41.0 Å². The highest BCUT2D eigenvalue weighted by atomic mass is 16.5. The smallest absolute Gasteiger partial charge is 0.237 e. The molecule has 1 fully saturated rings. The maximum atomic E-state index is 12.5. The van der Waals surface area contributed by atoms with Gasteiger partial charge in [0.05, 0.1) is 18.2 Å². The van der Waals surface area contributed by atoms with E-state index in [0.717, 1.165) is 17.8 Å². The number of nitrogens with zero attached hydrogens (tertiary/aromatic N) is 2. The number of aromatic nitrogens is 1. The number of piperazine rings is 1. The Hall–Kier alpha value is -2.67. The van der Waals surface area contributed by atoms with Crippen LogP contribution in [-0.2, 0) is 22.7 Å². The van der Waals surface area contributed by atoms with Gasteiger partial charge >= 0.3 is 0 Å². The fourth-order valence-electron chi connectivity index (χ4n) is 3.37. The quantitative estimate of drug-likeness (QED) is 0.807. The second-order valence-corrected chi connectivity index (χ2v) is 6.99. The standard InChI is InChI=1S/C20H26N4O3/c1-13-6-4-5-7-16(13)12-24-9-8-21-20(26)18(24)10-19(25)22-11-17-14(2)23-27-15(17)3/h4-7,18H,8-12H2,1-3H3,(H,21,26)(H,22,25). The first-order valence-electron chi connectivity index (χ1n) is 9.20. The number of carbonyl (C=O) groups excluding carboxylic acids is 2. The van der Waals surface area contributed by atoms with Crippen LogP contribution < -0.4 is 10.6 Å². The van der Waals surface area contributed by atoms with Crippen molar-refractivity contribution in [3.8, 4) is 0 Å². The first kappa shape index (κ1) is 19.1. The van der Waals surface area contributed by atoms with Crippen molar-refractivity contribution in [1.82, 2.24) is 20.7 Å². The summed E-state index contributed by atoms with van der Waals surface area (Å²) in [6.45, 7) is 8.05. The van der Waals surface area contributed by atoms with Gasteiger partial charge in [-0.3, -0.25) is 14.5 Å². The molecule has 2 amide bonds. The Bertz CT molecular complexity index is 811. The van der Waals surface area contributed by atoms with Crippen molar-refractivity contribution in [2.75, 3.05) is 13.1 Å². The lowest BCUT2D eigenvalue weighted by Crippen LogP contribution is -2.56. The summed E-state index contributed by atoms with van der Waals surface area (Å²) in [6.07, 6.45) is 0.126. The highest BCUT2D eigenvalue weighted by Crippen LogP contribution is 2.17. The summed E-state index contributed by atoms with van der Waals surface area (Å²) in [5.41, 5.74) is 4.01. The fraction of sp³-hybridized carbons (Fsp3) is 0.450. The van der Waals surface area contributed by atoms with E-state index in [1.807, 2.05) is 26.0 Å². The van der Waals surface area contributed by atoms with Crippen molar-refractivity contribution >= 4 is 11.8 Å². The molecule has 0 saturated carbocycles. The molecule has 27 heavy (non-hydrogen) atoms. The molecule has 2 N–H and O–H groups in total. The molecule has 7 nitrogen and oxygen atoms in total. The van der Waals surface area contributed by atoms with Crippen molar-refractivity contribution in [3.63, 3.8) is 0 Å². The van der Waals surface area contributed by atoms with Crippen LogP contribution in [0.5, 0.6) is 0 Å². The predicted molar refractivity (Wildman–Crippen MR) is 101 cm³/mol. The summed E-state index contributed by atoms with van der Waals surface area (Å²) in [7, 11) is 0. The van der Waals surface area contributed by atoms with Crippen LogP contribution in [0, 0.1) is 20.8 Å². The van der Waals surface area contributed by atoms with Gasteiger partial charge in [0, 0.05) is 31.7 Å². The number of nitrogens with one attached hydrogen (secondary N) is 2. The van der Waals surface area contributed by atoms with E-state index in [-0.39, 0.29) is 18.2 Å². The fourth-order valence-corrected chi connectivity index (χ4v) is 3.37. The highest BCUT2D eigenvalue weighted by molar-refractivity contribution is 5.88. The average Bonchev–Trinajstić information content (AvgIpc) is 2.96. The Morgan fingerprint density at radius 1 is 1.33 bits per heavy atom. The van der Waals surface area contributed by atoms with Gasteiger partial charge in [0.25, 0.3) is 0 Å². The maximum absolute atomic E-state index is 12.5. The van der Waals surface area contributed by atoms with Gasteiger partial charge in [-0.05, 0) is 31.9 Å². The van der Waals surface area contributed by atoms with Crippen molar-refractivity contribution in [2.45, 2.75) is 46.3 Å². The molecule has 1 aliphatic rings. The van der Waals surface area contributed by atoms with E-state index in [4.69, 9.17) is 4.52 Å². The van der Waals surface area contributed by atoms with Crippen molar-refractivity contribution in [1.29, 1.82) is 0 Å². The van der Waals surface area contributed by atoms with Crippen LogP contribution in [0.4, 0.5) is 0 Å². The van der Waals surface area contributed by atoms with Gasteiger partial charge in [0.15, 0.2) is 0 Å². The van der Waals surface area contributed by atoms with E-state index in [0.29, 0.717) is 25.4 Å². The molecule has 1 unspecified atom stereocenters. The molecule has 0 spiro atoms. The first-order chi connectivity index (χ1) is 13.0. The summed E-state index contributed by atoms with van der Waals surface area (Å²) in [5.74, 6) is 0.443. The zero-order chi connectivity index (χ0) is 19.4. The first-order valence-corrected chi connectivity index (χ1v) is 9.20. The lowest BCUT2D eigenvalue weighted by atomic mass is 10.0. The maximum Gasteiger partial charge on any atom is 0.237 e. The molecule has 3 rings (SSSR count). The molecule has 7 heteroatoms. The molecular formula is C20H26N4O3. The number of carbonyl (C=O) groups is 2. The lowest BCUT2D eigenvalue weighted by Gasteiger charge is -2.35. The third kappa shape index (κ3) is 4.54. The Kier molecular flexibility index (Phi) is 5.91. The molecule has 0 aliphatic carbocycles. The van der Waals surface area contributed by atoms with Crippen LogP contribution in [0.15, 0.2) is 28.8 Å². The molecule has 1 aromatic carbocycles. The zero-order valence-corrected chi connectivity index (χ0v) is 16.0. The van der Waals surface area contributed by atoms with Crippen molar-refractivity contribution < 1.29 is 14.1 Å². The predicted octanol–water partition coefficient (Wildman–Crippen LogP) is 1.61. The molecule has 2 heterocycles. The summed E-state index contributed by atoms with van der Waals surface area (Å²) in [4.78, 5) is 26.9. The summed E-state index contributed by atoms with van der Waals surface area (Å²) in [5, 5.41) is 9.65. The highest BCUT2D eigenvalue weighted by Gasteiger charge is 2.31. The molecule has 2 aromatic rings. The van der Waals surface area contributed by atoms with Gasteiger partial charge in [0.2, 0.25) is 11.8 Å². The van der Waals surface area contributed by atoms with Gasteiger partial charge < -0.3 is 15.2 Å². The van der Waals surface area contributed by atoms with E-state index in [2.05, 4.69) is 39.7 Å². The SMILES string of the molecule is Cc1ccccc1CN1CCNC(=O)C1CC(=O)NCc1c(C)noc1C. The van der Waals surface area contributed by atoms with E-state index in [1.165, 1.54) is 11.1 Å². The number of aryl methyl sites for hydroxylation is 3. The summed E-state index contributed by atoms with van der Waals surface area (Å²) < 4.78 is 5.12. The number of hydrogen-bond donors (Lipinski definition) is 2. The third-order valence-corrected chi connectivity index (χ3v) is 5.10. The molecule has 1 aliphatic heterocycles. The topological polar surface area (TPSA) is 87.5 Å². The largest absolute Gasteiger partial charge is 0.361 e. The van der Waals surface area contributed by atoms with E-state index in [9.17, 15) is 9.59 Å². The minimum Gasteiger partial charge on any atom is -0.361 e. The third-order valence-electron chi connectivity index (χ3n) is 5.10. The van der Waals surface area contributed by atoms with Crippen LogP contribution in [0.1, 0.15) is 34.6 Å². The molecule has 1 saturated heterocycles. The van der Waals surface area contributed by atoms with Gasteiger partial charge in [-0.1, -0.05) is 29.4 Å². The van der Waals surface area contributed by atoms with Crippen LogP contribution in [0.3, 0.4) is 0 Å². The Morgan fingerprint density at radius 3 is 2.81 bits per heavy atom. The van der Waals surface area contributed by atoms with Crippen molar-refractivity contribution in [2.24, 2.45) is 0 Å². The minimum atomic E-state index is -0.469. The van der Waals surface area contributed by atoms with E-state index < -0.39 is 6.04 Å². The Labute approximate surface area is 159 Å². The molecule has 0 bridgehead atoms. The molecule has 1 aromatic heterocycles. The number of rotatable bonds is 6. The second-order valence-electron chi connectivity index (χ2n) is 6.99. The lowest BCUT2D eigenvalue weighted by molar-refractivity contribution is -0.134. The van der Waals surface area contributed by atoms with Crippen LogP contribution >= 0.6 is 0 Å². The van der Waals surface area contributed by atoms with Crippen LogP contribution in [0.2, 0.25) is 0 Å². The van der Waals surface area contributed by atoms with E-state index >= 15 is 0 Å². The van der Waals surface area contributed by atoms with Gasteiger partial charge in [-0.15, -0.1) is 0 Å². The summed E-state index contributed by atoms with van der Waals surface area (Å²) >= 11 is 0. The normalized spacial score (nSPS) is 17.6. The van der Waals surface area contributed by atoms with Gasteiger partial charge in [-0.2, -0.15) is 0 Å². The second kappa shape index (κ2) is 8.35. The molecule has 1 atom stereocenters. The number of amides is 2. The summed E-state index contributed by atoms with van der Waals surface area (Å²) in [6, 6.07) is 7.66. The Balaban J connectivity index is 1.63. The minimum absolute atomic E-state index is 0.0951. The van der Waals surface area contributed by atoms with Crippen molar-refractivity contribution in [3.05, 3.63) is 52.4 Å². The van der Waals surface area contributed by atoms with Gasteiger partial charge in [0.1, 0.15) is 5.76 Å². The zero-order valence-electron chi connectivity index (χ0n) is 16.0.